The maximum Gasteiger partial charge on any atom is 0.140 e. The highest BCUT2D eigenvalue weighted by atomic mass is 35.5. The van der Waals surface area contributed by atoms with Gasteiger partial charge in [-0.15, -0.1) is 0 Å². The third-order valence-corrected chi connectivity index (χ3v) is 2.86. The van der Waals surface area contributed by atoms with Crippen molar-refractivity contribution in [1.29, 1.82) is 0 Å². The number of aromatic nitrogens is 2. The summed E-state index contributed by atoms with van der Waals surface area (Å²) in [5.41, 5.74) is 1.81. The van der Waals surface area contributed by atoms with Crippen molar-refractivity contribution >= 4 is 34.1 Å². The van der Waals surface area contributed by atoms with Gasteiger partial charge in [0.1, 0.15) is 10.3 Å². The molecule has 2 rings (SSSR count). The van der Waals surface area contributed by atoms with Gasteiger partial charge in [0.05, 0.1) is 5.52 Å². The summed E-state index contributed by atoms with van der Waals surface area (Å²) >= 11 is 11.8. The first-order chi connectivity index (χ1) is 7.38. The van der Waals surface area contributed by atoms with Gasteiger partial charge in [-0.3, -0.25) is 4.98 Å². The fourth-order valence-electron chi connectivity index (χ4n) is 1.48. The zero-order valence-corrected chi connectivity index (χ0v) is 10.9. The normalized spacial score (nSPS) is 12.1. The molecule has 4 heteroatoms. The van der Waals surface area contributed by atoms with Crippen molar-refractivity contribution in [2.24, 2.45) is 0 Å². The molecule has 2 aromatic rings. The van der Waals surface area contributed by atoms with Gasteiger partial charge in [0.15, 0.2) is 0 Å². The highest BCUT2D eigenvalue weighted by Gasteiger charge is 2.16. The summed E-state index contributed by atoms with van der Waals surface area (Å²) in [5, 5.41) is 1.60. The Labute approximate surface area is 105 Å². The molecule has 0 saturated heterocycles. The highest BCUT2D eigenvalue weighted by molar-refractivity contribution is 6.36. The molecule has 2 heterocycles. The van der Waals surface area contributed by atoms with Crippen LogP contribution in [-0.4, -0.2) is 9.97 Å². The predicted octanol–water partition coefficient (Wildman–Crippen LogP) is 4.23. The second-order valence-electron chi connectivity index (χ2n) is 4.75. The highest BCUT2D eigenvalue weighted by Crippen LogP contribution is 2.27. The Bertz CT molecular complexity index is 544. The second-order valence-corrected chi connectivity index (χ2v) is 5.49. The SMILES string of the molecule is CC(C)(C)c1ccc2c(Cl)nc(Cl)cc2n1. The van der Waals surface area contributed by atoms with E-state index in [2.05, 4.69) is 30.7 Å². The number of fused-ring (bicyclic) bond motifs is 1. The zero-order valence-electron chi connectivity index (χ0n) is 9.38. The standard InChI is InChI=1S/C12H12Cl2N2/c1-12(2,3)9-5-4-7-8(15-9)6-10(13)16-11(7)14/h4-6H,1-3H3. The summed E-state index contributed by atoms with van der Waals surface area (Å²) in [4.78, 5) is 8.54. The molecule has 0 radical (unpaired) electrons. The van der Waals surface area contributed by atoms with Crippen LogP contribution in [0.25, 0.3) is 10.9 Å². The van der Waals surface area contributed by atoms with Crippen LogP contribution in [0, 0.1) is 0 Å². The number of halogens is 2. The third-order valence-electron chi connectivity index (χ3n) is 2.38. The molecule has 0 aliphatic rings. The minimum atomic E-state index is 0.0103. The molecule has 0 aromatic carbocycles. The summed E-state index contributed by atoms with van der Waals surface area (Å²) in [6.07, 6.45) is 0. The molecule has 2 aromatic heterocycles. The van der Waals surface area contributed by atoms with Gasteiger partial charge in [-0.2, -0.15) is 0 Å². The van der Waals surface area contributed by atoms with E-state index in [-0.39, 0.29) is 5.41 Å². The fraction of sp³-hybridized carbons (Fsp3) is 0.333. The van der Waals surface area contributed by atoms with Gasteiger partial charge in [0, 0.05) is 22.6 Å². The first kappa shape index (κ1) is 11.6. The molecule has 0 amide bonds. The van der Waals surface area contributed by atoms with Crippen LogP contribution in [0.5, 0.6) is 0 Å². The van der Waals surface area contributed by atoms with Crippen LogP contribution in [0.3, 0.4) is 0 Å². The first-order valence-corrected chi connectivity index (χ1v) is 5.77. The molecule has 0 aliphatic carbocycles. The van der Waals surface area contributed by atoms with Gasteiger partial charge in [-0.1, -0.05) is 44.0 Å². The van der Waals surface area contributed by atoms with Crippen LogP contribution in [0.2, 0.25) is 10.3 Å². The lowest BCUT2D eigenvalue weighted by Gasteiger charge is -2.18. The topological polar surface area (TPSA) is 25.8 Å². The number of hydrogen-bond acceptors (Lipinski definition) is 2. The molecule has 16 heavy (non-hydrogen) atoms. The summed E-state index contributed by atoms with van der Waals surface area (Å²) in [6, 6.07) is 5.65. The number of pyridine rings is 2. The Morgan fingerprint density at radius 2 is 1.75 bits per heavy atom. The van der Waals surface area contributed by atoms with Crippen molar-refractivity contribution in [1.82, 2.24) is 9.97 Å². The van der Waals surface area contributed by atoms with Crippen LogP contribution in [-0.2, 0) is 5.41 Å². The lowest BCUT2D eigenvalue weighted by Crippen LogP contribution is -2.13. The fourth-order valence-corrected chi connectivity index (χ4v) is 1.96. The molecule has 0 saturated carbocycles. The van der Waals surface area contributed by atoms with Crippen LogP contribution in [0.4, 0.5) is 0 Å². The van der Waals surface area contributed by atoms with Crippen molar-refractivity contribution in [3.8, 4) is 0 Å². The Balaban J connectivity index is 2.71. The maximum atomic E-state index is 5.99. The van der Waals surface area contributed by atoms with E-state index in [1.807, 2.05) is 12.1 Å². The zero-order chi connectivity index (χ0) is 11.9. The third kappa shape index (κ3) is 2.13. The van der Waals surface area contributed by atoms with E-state index in [4.69, 9.17) is 23.2 Å². The Hall–Kier alpha value is -0.860. The Kier molecular flexibility index (Phi) is 2.81. The summed E-state index contributed by atoms with van der Waals surface area (Å²) in [7, 11) is 0. The molecule has 0 fully saturated rings. The van der Waals surface area contributed by atoms with Gasteiger partial charge in [-0.05, 0) is 12.1 Å². The van der Waals surface area contributed by atoms with Gasteiger partial charge in [0.2, 0.25) is 0 Å². The quantitative estimate of drug-likeness (QED) is 0.658. The van der Waals surface area contributed by atoms with Gasteiger partial charge >= 0.3 is 0 Å². The minimum absolute atomic E-state index is 0.0103. The Morgan fingerprint density at radius 3 is 2.38 bits per heavy atom. The van der Waals surface area contributed by atoms with E-state index >= 15 is 0 Å². The number of rotatable bonds is 0. The van der Waals surface area contributed by atoms with Crippen LogP contribution >= 0.6 is 23.2 Å². The molecule has 0 atom stereocenters. The minimum Gasteiger partial charge on any atom is -0.252 e. The molecule has 0 N–H and O–H groups in total. The first-order valence-electron chi connectivity index (χ1n) is 5.01. The summed E-state index contributed by atoms with van der Waals surface area (Å²) in [5.74, 6) is 0. The van der Waals surface area contributed by atoms with Crippen LogP contribution in [0.1, 0.15) is 26.5 Å². The van der Waals surface area contributed by atoms with E-state index in [9.17, 15) is 0 Å². The van der Waals surface area contributed by atoms with Crippen LogP contribution < -0.4 is 0 Å². The van der Waals surface area contributed by atoms with E-state index in [1.54, 1.807) is 6.07 Å². The van der Waals surface area contributed by atoms with Gasteiger partial charge < -0.3 is 0 Å². The van der Waals surface area contributed by atoms with Crippen molar-refractivity contribution < 1.29 is 0 Å². The van der Waals surface area contributed by atoms with Crippen molar-refractivity contribution in [3.05, 3.63) is 34.2 Å². The van der Waals surface area contributed by atoms with E-state index < -0.39 is 0 Å². The molecule has 84 valence electrons. The maximum absolute atomic E-state index is 5.99. The van der Waals surface area contributed by atoms with E-state index in [0.717, 1.165) is 16.6 Å². The number of nitrogens with zero attached hydrogens (tertiary/aromatic N) is 2. The van der Waals surface area contributed by atoms with Gasteiger partial charge in [-0.25, -0.2) is 4.98 Å². The van der Waals surface area contributed by atoms with Gasteiger partial charge in [0.25, 0.3) is 0 Å². The summed E-state index contributed by atoms with van der Waals surface area (Å²) in [6.45, 7) is 6.35. The average Bonchev–Trinajstić information content (AvgIpc) is 2.15. The molecule has 0 aliphatic heterocycles. The monoisotopic (exact) mass is 254 g/mol. The molecule has 0 bridgehead atoms. The molecular weight excluding hydrogens is 243 g/mol. The summed E-state index contributed by atoms with van der Waals surface area (Å²) < 4.78 is 0. The molecular formula is C12H12Cl2N2. The van der Waals surface area contributed by atoms with Crippen molar-refractivity contribution in [2.45, 2.75) is 26.2 Å². The second kappa shape index (κ2) is 3.86. The largest absolute Gasteiger partial charge is 0.252 e. The van der Waals surface area contributed by atoms with Crippen LogP contribution in [0.15, 0.2) is 18.2 Å². The molecule has 0 spiro atoms. The predicted molar refractivity (Wildman–Crippen MR) is 68.3 cm³/mol. The van der Waals surface area contributed by atoms with E-state index in [1.165, 1.54) is 0 Å². The molecule has 0 unspecified atom stereocenters. The average molecular weight is 255 g/mol. The van der Waals surface area contributed by atoms with E-state index in [0.29, 0.717) is 10.3 Å². The van der Waals surface area contributed by atoms with Crippen molar-refractivity contribution in [2.75, 3.05) is 0 Å². The lowest BCUT2D eigenvalue weighted by molar-refractivity contribution is 0.571. The number of hydrogen-bond donors (Lipinski definition) is 0. The molecule has 2 nitrogen and oxygen atoms in total. The lowest BCUT2D eigenvalue weighted by atomic mass is 9.91. The van der Waals surface area contributed by atoms with Crippen molar-refractivity contribution in [3.63, 3.8) is 0 Å². The smallest absolute Gasteiger partial charge is 0.140 e. The Morgan fingerprint density at radius 1 is 1.06 bits per heavy atom.